The number of hydrogen-bond donors (Lipinski definition) is 0. The zero-order valence-electron chi connectivity index (χ0n) is 11.1. The van der Waals surface area contributed by atoms with E-state index >= 15 is 0 Å². The van der Waals surface area contributed by atoms with Crippen molar-refractivity contribution in [3.05, 3.63) is 28.2 Å². The summed E-state index contributed by atoms with van der Waals surface area (Å²) in [6.45, 7) is 8.90. The summed E-state index contributed by atoms with van der Waals surface area (Å²) in [6, 6.07) is 8.26. The van der Waals surface area contributed by atoms with Crippen LogP contribution in [0.4, 0.5) is 5.69 Å². The van der Waals surface area contributed by atoms with E-state index < -0.39 is 0 Å². The van der Waals surface area contributed by atoms with Gasteiger partial charge in [0.2, 0.25) is 0 Å². The Morgan fingerprint density at radius 2 is 1.94 bits per heavy atom. The summed E-state index contributed by atoms with van der Waals surface area (Å²) in [5.74, 6) is 0. The van der Waals surface area contributed by atoms with Gasteiger partial charge in [-0.1, -0.05) is 20.8 Å². The maximum Gasteiger partial charge on any atom is 0.0992 e. The lowest BCUT2D eigenvalue weighted by molar-refractivity contribution is 0.329. The van der Waals surface area contributed by atoms with Gasteiger partial charge in [0.05, 0.1) is 17.3 Å². The van der Waals surface area contributed by atoms with Crippen molar-refractivity contribution in [2.45, 2.75) is 33.7 Å². The lowest BCUT2D eigenvalue weighted by Gasteiger charge is -2.37. The molecule has 0 aromatic heterocycles. The molecule has 0 aliphatic rings. The van der Waals surface area contributed by atoms with Gasteiger partial charge in [-0.2, -0.15) is 5.26 Å². The van der Waals surface area contributed by atoms with Crippen LogP contribution in [-0.2, 0) is 0 Å². The SMILES string of the molecule is CC(N(C)c1ccc(C#N)cc1Br)C(C)(C)C. The smallest absolute Gasteiger partial charge is 0.0992 e. The Morgan fingerprint density at radius 1 is 1.35 bits per heavy atom. The Hall–Kier alpha value is -1.01. The summed E-state index contributed by atoms with van der Waals surface area (Å²) < 4.78 is 0.968. The summed E-state index contributed by atoms with van der Waals surface area (Å²) >= 11 is 3.53. The first-order valence-corrected chi connectivity index (χ1v) is 6.49. The molecule has 0 aliphatic carbocycles. The van der Waals surface area contributed by atoms with Crippen LogP contribution in [0, 0.1) is 16.7 Å². The normalized spacial score (nSPS) is 13.0. The van der Waals surface area contributed by atoms with E-state index in [1.807, 2.05) is 18.2 Å². The zero-order chi connectivity index (χ0) is 13.2. The van der Waals surface area contributed by atoms with E-state index in [0.29, 0.717) is 11.6 Å². The monoisotopic (exact) mass is 294 g/mol. The van der Waals surface area contributed by atoms with Gasteiger partial charge in [-0.3, -0.25) is 0 Å². The minimum atomic E-state index is 0.210. The molecule has 0 fully saturated rings. The predicted molar refractivity (Wildman–Crippen MR) is 76.2 cm³/mol. The summed E-state index contributed by atoms with van der Waals surface area (Å²) in [4.78, 5) is 2.24. The molecule has 0 saturated heterocycles. The molecule has 0 N–H and O–H groups in total. The summed E-state index contributed by atoms with van der Waals surface area (Å²) in [6.07, 6.45) is 0. The molecule has 92 valence electrons. The van der Waals surface area contributed by atoms with E-state index in [2.05, 4.69) is 61.6 Å². The Morgan fingerprint density at radius 3 is 2.35 bits per heavy atom. The minimum absolute atomic E-state index is 0.210. The van der Waals surface area contributed by atoms with Crippen LogP contribution in [-0.4, -0.2) is 13.1 Å². The van der Waals surface area contributed by atoms with Crippen LogP contribution < -0.4 is 4.90 Å². The van der Waals surface area contributed by atoms with Gasteiger partial charge < -0.3 is 4.90 Å². The summed E-state index contributed by atoms with van der Waals surface area (Å²) in [7, 11) is 2.09. The molecule has 3 heteroatoms. The second-order valence-electron chi connectivity index (χ2n) is 5.43. The highest BCUT2D eigenvalue weighted by molar-refractivity contribution is 9.10. The van der Waals surface area contributed by atoms with Crippen molar-refractivity contribution in [1.82, 2.24) is 0 Å². The Kier molecular flexibility index (Phi) is 4.21. The van der Waals surface area contributed by atoms with Gasteiger partial charge in [-0.25, -0.2) is 0 Å². The standard InChI is InChI=1S/C14H19BrN2/c1-10(14(2,3)4)17(5)13-7-6-11(9-16)8-12(13)15/h6-8,10H,1-5H3. The molecule has 17 heavy (non-hydrogen) atoms. The van der Waals surface area contributed by atoms with Crippen LogP contribution >= 0.6 is 15.9 Å². The highest BCUT2D eigenvalue weighted by atomic mass is 79.9. The topological polar surface area (TPSA) is 27.0 Å². The molecule has 0 spiro atoms. The van der Waals surface area contributed by atoms with E-state index in [0.717, 1.165) is 10.2 Å². The molecule has 0 aliphatic heterocycles. The highest BCUT2D eigenvalue weighted by Gasteiger charge is 2.25. The second-order valence-corrected chi connectivity index (χ2v) is 6.29. The van der Waals surface area contributed by atoms with Gasteiger partial charge in [-0.05, 0) is 46.5 Å². The number of nitriles is 1. The van der Waals surface area contributed by atoms with E-state index in [9.17, 15) is 0 Å². The van der Waals surface area contributed by atoms with Gasteiger partial charge in [-0.15, -0.1) is 0 Å². The molecule has 0 saturated carbocycles. The lowest BCUT2D eigenvalue weighted by atomic mass is 9.87. The van der Waals surface area contributed by atoms with Gasteiger partial charge in [0.15, 0.2) is 0 Å². The molecule has 1 rings (SSSR count). The van der Waals surface area contributed by atoms with Crippen molar-refractivity contribution in [3.8, 4) is 6.07 Å². The van der Waals surface area contributed by atoms with Crippen LogP contribution in [0.25, 0.3) is 0 Å². The van der Waals surface area contributed by atoms with E-state index in [-0.39, 0.29) is 5.41 Å². The van der Waals surface area contributed by atoms with Crippen LogP contribution in [0.15, 0.2) is 22.7 Å². The zero-order valence-corrected chi connectivity index (χ0v) is 12.7. The minimum Gasteiger partial charge on any atom is -0.370 e. The third-order valence-corrected chi connectivity index (χ3v) is 3.93. The molecule has 0 amide bonds. The van der Waals surface area contributed by atoms with Crippen LogP contribution in [0.5, 0.6) is 0 Å². The fourth-order valence-electron chi connectivity index (χ4n) is 1.65. The molecule has 2 nitrogen and oxygen atoms in total. The number of hydrogen-bond acceptors (Lipinski definition) is 2. The summed E-state index contributed by atoms with van der Waals surface area (Å²) in [5.41, 5.74) is 2.01. The third kappa shape index (κ3) is 3.23. The molecule has 1 aromatic carbocycles. The molecule has 1 atom stereocenters. The molecular formula is C14H19BrN2. The number of benzene rings is 1. The average Bonchev–Trinajstić information content (AvgIpc) is 2.25. The van der Waals surface area contributed by atoms with Crippen LogP contribution in [0.3, 0.4) is 0 Å². The second kappa shape index (κ2) is 5.10. The number of nitrogens with zero attached hydrogens (tertiary/aromatic N) is 2. The summed E-state index contributed by atoms with van der Waals surface area (Å²) in [5, 5.41) is 8.85. The van der Waals surface area contributed by atoms with Crippen molar-refractivity contribution < 1.29 is 0 Å². The first-order chi connectivity index (χ1) is 7.77. The largest absolute Gasteiger partial charge is 0.370 e. The number of rotatable bonds is 2. The van der Waals surface area contributed by atoms with Crippen molar-refractivity contribution >= 4 is 21.6 Å². The first-order valence-electron chi connectivity index (χ1n) is 5.70. The number of halogens is 1. The Balaban J connectivity index is 3.06. The van der Waals surface area contributed by atoms with Crippen LogP contribution in [0.2, 0.25) is 0 Å². The fraction of sp³-hybridized carbons (Fsp3) is 0.500. The maximum atomic E-state index is 8.85. The number of anilines is 1. The average molecular weight is 295 g/mol. The van der Waals surface area contributed by atoms with Gasteiger partial charge in [0.1, 0.15) is 0 Å². The molecule has 0 radical (unpaired) electrons. The molecule has 0 bridgehead atoms. The molecule has 1 aromatic rings. The fourth-order valence-corrected chi connectivity index (χ4v) is 2.31. The van der Waals surface area contributed by atoms with E-state index in [1.165, 1.54) is 0 Å². The maximum absolute atomic E-state index is 8.85. The van der Waals surface area contributed by atoms with Crippen molar-refractivity contribution in [1.29, 1.82) is 5.26 Å². The van der Waals surface area contributed by atoms with Gasteiger partial charge in [0.25, 0.3) is 0 Å². The Bertz CT molecular complexity index is 441. The Labute approximate surface area is 112 Å². The van der Waals surface area contributed by atoms with Gasteiger partial charge in [0, 0.05) is 17.6 Å². The van der Waals surface area contributed by atoms with Crippen molar-refractivity contribution in [3.63, 3.8) is 0 Å². The predicted octanol–water partition coefficient (Wildman–Crippen LogP) is 4.19. The molecule has 0 heterocycles. The lowest BCUT2D eigenvalue weighted by Crippen LogP contribution is -2.39. The first kappa shape index (κ1) is 14.1. The molecular weight excluding hydrogens is 276 g/mol. The van der Waals surface area contributed by atoms with Crippen molar-refractivity contribution in [2.75, 3.05) is 11.9 Å². The highest BCUT2D eigenvalue weighted by Crippen LogP contribution is 2.32. The van der Waals surface area contributed by atoms with E-state index in [1.54, 1.807) is 0 Å². The third-order valence-electron chi connectivity index (χ3n) is 3.29. The van der Waals surface area contributed by atoms with E-state index in [4.69, 9.17) is 5.26 Å². The molecule has 1 unspecified atom stereocenters. The van der Waals surface area contributed by atoms with Crippen LogP contribution in [0.1, 0.15) is 33.3 Å². The quantitative estimate of drug-likeness (QED) is 0.818. The van der Waals surface area contributed by atoms with Crippen molar-refractivity contribution in [2.24, 2.45) is 5.41 Å². The van der Waals surface area contributed by atoms with Gasteiger partial charge >= 0.3 is 0 Å².